The van der Waals surface area contributed by atoms with Gasteiger partial charge in [0.1, 0.15) is 24.7 Å². The second-order valence-electron chi connectivity index (χ2n) is 9.01. The van der Waals surface area contributed by atoms with Crippen LogP contribution in [-0.4, -0.2) is 46.4 Å². The van der Waals surface area contributed by atoms with Gasteiger partial charge in [-0.3, -0.25) is 0 Å². The van der Waals surface area contributed by atoms with Crippen molar-refractivity contribution >= 4 is 0 Å². The molecule has 7 heteroatoms. The molecule has 2 unspecified atom stereocenters. The second-order valence-corrected chi connectivity index (χ2v) is 9.01. The Hall–Kier alpha value is -3.74. The zero-order valence-corrected chi connectivity index (χ0v) is 23.3. The van der Waals surface area contributed by atoms with E-state index in [2.05, 4.69) is 66.1 Å². The van der Waals surface area contributed by atoms with Crippen molar-refractivity contribution < 1.29 is 9.47 Å². The number of benzene rings is 1. The standard InChI is InChI=1S/C30H47N5O2/c1-11-27(14-12-22(3)31-8)34-24(5)19-36-28-16-21(2)17-29(18-28)37-20-25(6)35-30(26(7)33-10)15-13-23(4)32-9/h11,16-18,27,30-35H,1,3-7,12-15,19-20H2,2,8-10H3. The van der Waals surface area contributed by atoms with Gasteiger partial charge in [0.25, 0.3) is 0 Å². The maximum atomic E-state index is 6.02. The van der Waals surface area contributed by atoms with Gasteiger partial charge in [-0.25, -0.2) is 0 Å². The molecule has 0 aliphatic heterocycles. The van der Waals surface area contributed by atoms with Crippen LogP contribution in [0.2, 0.25) is 0 Å². The smallest absolute Gasteiger partial charge is 0.127 e. The predicted octanol–water partition coefficient (Wildman–Crippen LogP) is 4.64. The highest BCUT2D eigenvalue weighted by atomic mass is 16.5. The average molecular weight is 510 g/mol. The molecule has 0 aromatic heterocycles. The van der Waals surface area contributed by atoms with Gasteiger partial charge in [0.15, 0.2) is 0 Å². The summed E-state index contributed by atoms with van der Waals surface area (Å²) in [6, 6.07) is 5.91. The highest BCUT2D eigenvalue weighted by Gasteiger charge is 2.13. The van der Waals surface area contributed by atoms with E-state index >= 15 is 0 Å². The van der Waals surface area contributed by atoms with E-state index in [0.29, 0.717) is 24.7 Å². The molecule has 0 bridgehead atoms. The molecule has 204 valence electrons. The summed E-state index contributed by atoms with van der Waals surface area (Å²) in [5.74, 6) is 1.42. The SMILES string of the molecule is C=CC(CCC(=C)NC)NC(=C)COc1cc(C)cc(OCC(=C)NC(CCC(=C)NC)C(=C)NC)c1. The van der Waals surface area contributed by atoms with Gasteiger partial charge >= 0.3 is 0 Å². The van der Waals surface area contributed by atoms with Gasteiger partial charge in [0.2, 0.25) is 0 Å². The lowest BCUT2D eigenvalue weighted by atomic mass is 10.1. The van der Waals surface area contributed by atoms with Crippen molar-refractivity contribution in [2.24, 2.45) is 0 Å². The Bertz CT molecular complexity index is 953. The van der Waals surface area contributed by atoms with Crippen molar-refractivity contribution in [2.45, 2.75) is 44.7 Å². The van der Waals surface area contributed by atoms with E-state index in [1.54, 1.807) is 0 Å². The Morgan fingerprint density at radius 2 is 1.27 bits per heavy atom. The Morgan fingerprint density at radius 1 is 0.757 bits per heavy atom. The first-order chi connectivity index (χ1) is 17.6. The summed E-state index contributed by atoms with van der Waals surface area (Å²) < 4.78 is 12.0. The summed E-state index contributed by atoms with van der Waals surface area (Å²) in [4.78, 5) is 0. The van der Waals surface area contributed by atoms with Crippen molar-refractivity contribution in [1.29, 1.82) is 0 Å². The van der Waals surface area contributed by atoms with Crippen LogP contribution in [-0.2, 0) is 0 Å². The van der Waals surface area contributed by atoms with Gasteiger partial charge in [-0.05, 0) is 50.3 Å². The third kappa shape index (κ3) is 12.7. The number of aryl methyl sites for hydroxylation is 1. The summed E-state index contributed by atoms with van der Waals surface area (Å²) in [5.41, 5.74) is 5.42. The molecule has 1 aromatic rings. The highest BCUT2D eigenvalue weighted by Crippen LogP contribution is 2.23. The summed E-state index contributed by atoms with van der Waals surface area (Å²) in [6.45, 7) is 26.9. The molecule has 7 nitrogen and oxygen atoms in total. The lowest BCUT2D eigenvalue weighted by Gasteiger charge is -2.24. The van der Waals surface area contributed by atoms with E-state index in [1.807, 2.05) is 52.3 Å². The molecular weight excluding hydrogens is 462 g/mol. The van der Waals surface area contributed by atoms with Crippen molar-refractivity contribution in [3.63, 3.8) is 0 Å². The van der Waals surface area contributed by atoms with Crippen LogP contribution in [0.5, 0.6) is 11.5 Å². The lowest BCUT2D eigenvalue weighted by molar-refractivity contribution is 0.322. The minimum absolute atomic E-state index is 0.0109. The van der Waals surface area contributed by atoms with Crippen LogP contribution in [0.15, 0.2) is 92.2 Å². The third-order valence-electron chi connectivity index (χ3n) is 5.84. The molecule has 0 aliphatic carbocycles. The summed E-state index contributed by atoms with van der Waals surface area (Å²) in [7, 11) is 5.61. The van der Waals surface area contributed by atoms with Crippen molar-refractivity contribution in [3.8, 4) is 11.5 Å². The van der Waals surface area contributed by atoms with Crippen LogP contribution >= 0.6 is 0 Å². The van der Waals surface area contributed by atoms with E-state index in [4.69, 9.17) is 9.47 Å². The van der Waals surface area contributed by atoms with E-state index in [9.17, 15) is 0 Å². The molecule has 0 spiro atoms. The Balaban J connectivity index is 2.63. The molecule has 0 amide bonds. The van der Waals surface area contributed by atoms with Crippen LogP contribution in [0.1, 0.15) is 31.2 Å². The van der Waals surface area contributed by atoms with Crippen molar-refractivity contribution in [1.82, 2.24) is 26.6 Å². The minimum atomic E-state index is 0.0109. The zero-order chi connectivity index (χ0) is 27.8. The van der Waals surface area contributed by atoms with Crippen molar-refractivity contribution in [2.75, 3.05) is 34.4 Å². The molecule has 0 saturated heterocycles. The predicted molar refractivity (Wildman–Crippen MR) is 158 cm³/mol. The quantitative estimate of drug-likeness (QED) is 0.155. The van der Waals surface area contributed by atoms with Gasteiger partial charge in [-0.15, -0.1) is 6.58 Å². The fourth-order valence-electron chi connectivity index (χ4n) is 3.47. The molecule has 1 aromatic carbocycles. The number of hydrogen-bond acceptors (Lipinski definition) is 7. The summed E-state index contributed by atoms with van der Waals surface area (Å²) in [6.07, 6.45) is 5.24. The molecule has 0 fully saturated rings. The summed E-state index contributed by atoms with van der Waals surface area (Å²) >= 11 is 0. The van der Waals surface area contributed by atoms with Crippen LogP contribution < -0.4 is 36.1 Å². The number of rotatable bonds is 21. The van der Waals surface area contributed by atoms with Gasteiger partial charge in [-0.1, -0.05) is 39.0 Å². The largest absolute Gasteiger partial charge is 0.487 e. The molecule has 0 radical (unpaired) electrons. The molecule has 0 saturated carbocycles. The molecule has 0 aliphatic rings. The Morgan fingerprint density at radius 3 is 1.76 bits per heavy atom. The van der Waals surface area contributed by atoms with Gasteiger partial charge in [0, 0.05) is 61.7 Å². The molecule has 0 heterocycles. The number of ether oxygens (including phenoxy) is 2. The zero-order valence-electron chi connectivity index (χ0n) is 23.3. The van der Waals surface area contributed by atoms with Gasteiger partial charge < -0.3 is 36.1 Å². The molecule has 37 heavy (non-hydrogen) atoms. The van der Waals surface area contributed by atoms with Crippen LogP contribution in [0.25, 0.3) is 0 Å². The first-order valence-electron chi connectivity index (χ1n) is 12.6. The Kier molecular flexibility index (Phi) is 14.2. The number of nitrogens with one attached hydrogen (secondary N) is 5. The molecule has 2 atom stereocenters. The van der Waals surface area contributed by atoms with Crippen LogP contribution in [0.4, 0.5) is 0 Å². The second kappa shape index (κ2) is 16.8. The van der Waals surface area contributed by atoms with Crippen LogP contribution in [0.3, 0.4) is 0 Å². The van der Waals surface area contributed by atoms with Crippen molar-refractivity contribution in [3.05, 3.63) is 97.8 Å². The average Bonchev–Trinajstić information content (AvgIpc) is 2.89. The van der Waals surface area contributed by atoms with E-state index < -0.39 is 0 Å². The Labute approximate surface area is 224 Å². The molecule has 1 rings (SSSR count). The first kappa shape index (κ1) is 31.3. The topological polar surface area (TPSA) is 78.6 Å². The molecular formula is C30H47N5O2. The molecule has 5 N–H and O–H groups in total. The third-order valence-corrected chi connectivity index (χ3v) is 5.84. The maximum Gasteiger partial charge on any atom is 0.127 e. The van der Waals surface area contributed by atoms with Gasteiger partial charge in [-0.2, -0.15) is 0 Å². The number of allylic oxidation sites excluding steroid dienone is 2. The van der Waals surface area contributed by atoms with E-state index in [1.165, 1.54) is 0 Å². The lowest BCUT2D eigenvalue weighted by Crippen LogP contribution is -2.36. The van der Waals surface area contributed by atoms with Crippen LogP contribution in [0, 0.1) is 6.92 Å². The normalized spacial score (nSPS) is 11.8. The summed E-state index contributed by atoms with van der Waals surface area (Å²) in [5, 5.41) is 16.0. The van der Waals surface area contributed by atoms with Gasteiger partial charge in [0.05, 0.1) is 6.04 Å². The maximum absolute atomic E-state index is 6.02. The number of likely N-dealkylation sites (N-methyl/N-ethyl adjacent to an activating group) is 1. The highest BCUT2D eigenvalue weighted by molar-refractivity contribution is 5.38. The minimum Gasteiger partial charge on any atom is -0.487 e. The number of hydrogen-bond donors (Lipinski definition) is 5. The monoisotopic (exact) mass is 509 g/mol. The first-order valence-corrected chi connectivity index (χ1v) is 12.6. The van der Waals surface area contributed by atoms with E-state index in [0.717, 1.165) is 59.7 Å². The van der Waals surface area contributed by atoms with E-state index in [-0.39, 0.29) is 12.1 Å². The fourth-order valence-corrected chi connectivity index (χ4v) is 3.47. The fraction of sp³-hybridized carbons (Fsp3) is 0.400.